The van der Waals surface area contributed by atoms with E-state index in [1.54, 1.807) is 7.05 Å². The molecule has 36 heavy (non-hydrogen) atoms. The highest BCUT2D eigenvalue weighted by Crippen LogP contribution is 2.28. The summed E-state index contributed by atoms with van der Waals surface area (Å²) < 4.78 is 27.2. The van der Waals surface area contributed by atoms with Gasteiger partial charge in [-0.05, 0) is 46.7 Å². The number of fused-ring (bicyclic) bond motifs is 1. The number of sulfonamides is 1. The molecule has 0 bridgehead atoms. The summed E-state index contributed by atoms with van der Waals surface area (Å²) in [7, 11) is -2.15. The molecule has 0 aliphatic rings. The number of carbonyl (C=O) groups excluding carboxylic acids is 1. The first kappa shape index (κ1) is 23.9. The van der Waals surface area contributed by atoms with Crippen LogP contribution >= 0.6 is 11.3 Å². The zero-order chi connectivity index (χ0) is 25.1. The molecule has 1 aromatic heterocycles. The number of nitrogens with one attached hydrogen (secondary N) is 1. The molecule has 0 fully saturated rings. The van der Waals surface area contributed by atoms with Crippen molar-refractivity contribution in [2.24, 2.45) is 0 Å². The largest absolute Gasteiger partial charge is 0.298 e. The fraction of sp³-hybridized carbons (Fsp3) is 0.0714. The Hall–Kier alpha value is -3.85. The quantitative estimate of drug-likeness (QED) is 0.288. The Bertz CT molecular complexity index is 1630. The van der Waals surface area contributed by atoms with Crippen molar-refractivity contribution in [2.45, 2.75) is 11.4 Å². The molecule has 0 aliphatic heterocycles. The van der Waals surface area contributed by atoms with Crippen molar-refractivity contribution in [3.8, 4) is 11.3 Å². The van der Waals surface area contributed by atoms with E-state index in [4.69, 9.17) is 0 Å². The van der Waals surface area contributed by atoms with Crippen LogP contribution < -0.4 is 5.32 Å². The molecular weight excluding hydrogens is 490 g/mol. The number of hydrogen-bond acceptors (Lipinski definition) is 5. The van der Waals surface area contributed by atoms with Crippen LogP contribution in [-0.4, -0.2) is 30.7 Å². The Balaban J connectivity index is 1.27. The van der Waals surface area contributed by atoms with E-state index < -0.39 is 10.0 Å². The summed E-state index contributed by atoms with van der Waals surface area (Å²) in [6.45, 7) is 0.259. The summed E-state index contributed by atoms with van der Waals surface area (Å²) in [5.41, 5.74) is 3.00. The summed E-state index contributed by atoms with van der Waals surface area (Å²) in [6, 6.07) is 29.6. The fourth-order valence-corrected chi connectivity index (χ4v) is 5.74. The SMILES string of the molecule is CN(Cc1ccccc1)S(=O)(=O)c1ccc(C(=O)Nc2nc(-c3ccc4ccccc4c3)cs2)cc1. The number of carbonyl (C=O) groups is 1. The average molecular weight is 514 g/mol. The van der Waals surface area contributed by atoms with Crippen LogP contribution in [0.2, 0.25) is 0 Å². The first-order chi connectivity index (χ1) is 17.4. The van der Waals surface area contributed by atoms with Gasteiger partial charge in [-0.2, -0.15) is 4.31 Å². The normalized spacial score (nSPS) is 11.6. The number of benzene rings is 4. The predicted octanol–water partition coefficient (Wildman–Crippen LogP) is 6.04. The van der Waals surface area contributed by atoms with Gasteiger partial charge in [0.15, 0.2) is 5.13 Å². The van der Waals surface area contributed by atoms with Gasteiger partial charge in [-0.1, -0.05) is 66.7 Å². The van der Waals surface area contributed by atoms with Crippen LogP contribution in [0.4, 0.5) is 5.13 Å². The average Bonchev–Trinajstić information content (AvgIpc) is 3.37. The maximum absolute atomic E-state index is 12.9. The van der Waals surface area contributed by atoms with Gasteiger partial charge in [-0.15, -0.1) is 11.3 Å². The van der Waals surface area contributed by atoms with Gasteiger partial charge in [0.2, 0.25) is 10.0 Å². The van der Waals surface area contributed by atoms with E-state index in [0.717, 1.165) is 27.6 Å². The number of aromatic nitrogens is 1. The molecule has 0 aliphatic carbocycles. The second-order valence-corrected chi connectivity index (χ2v) is 11.2. The first-order valence-corrected chi connectivity index (χ1v) is 13.6. The number of hydrogen-bond donors (Lipinski definition) is 1. The maximum Gasteiger partial charge on any atom is 0.257 e. The van der Waals surface area contributed by atoms with Gasteiger partial charge in [0, 0.05) is 30.1 Å². The van der Waals surface area contributed by atoms with E-state index in [-0.39, 0.29) is 17.3 Å². The Morgan fingerprint density at radius 3 is 2.33 bits per heavy atom. The number of nitrogens with zero attached hydrogens (tertiary/aromatic N) is 2. The van der Waals surface area contributed by atoms with E-state index in [1.165, 1.54) is 39.9 Å². The van der Waals surface area contributed by atoms with Crippen LogP contribution in [0.3, 0.4) is 0 Å². The summed E-state index contributed by atoms with van der Waals surface area (Å²) >= 11 is 1.34. The third kappa shape index (κ3) is 5.06. The molecule has 0 saturated heterocycles. The molecule has 4 aromatic carbocycles. The molecule has 5 aromatic rings. The molecule has 180 valence electrons. The molecule has 1 heterocycles. The molecule has 1 N–H and O–H groups in total. The minimum atomic E-state index is -3.69. The highest BCUT2D eigenvalue weighted by atomic mass is 32.2. The van der Waals surface area contributed by atoms with Gasteiger partial charge in [-0.25, -0.2) is 13.4 Å². The lowest BCUT2D eigenvalue weighted by molar-refractivity contribution is 0.102. The maximum atomic E-state index is 12.9. The predicted molar refractivity (Wildman–Crippen MR) is 145 cm³/mol. The minimum Gasteiger partial charge on any atom is -0.298 e. The van der Waals surface area contributed by atoms with Crippen LogP contribution in [0, 0.1) is 0 Å². The van der Waals surface area contributed by atoms with E-state index >= 15 is 0 Å². The molecule has 6 nitrogen and oxygen atoms in total. The lowest BCUT2D eigenvalue weighted by Gasteiger charge is -2.17. The molecule has 0 radical (unpaired) electrons. The van der Waals surface area contributed by atoms with Crippen molar-refractivity contribution in [1.29, 1.82) is 0 Å². The van der Waals surface area contributed by atoms with Crippen molar-refractivity contribution in [2.75, 3.05) is 12.4 Å². The Morgan fingerprint density at radius 1 is 0.889 bits per heavy atom. The lowest BCUT2D eigenvalue weighted by atomic mass is 10.1. The first-order valence-electron chi connectivity index (χ1n) is 11.3. The molecule has 5 rings (SSSR count). The Kier molecular flexibility index (Phi) is 6.65. The smallest absolute Gasteiger partial charge is 0.257 e. The van der Waals surface area contributed by atoms with Crippen molar-refractivity contribution in [3.63, 3.8) is 0 Å². The number of anilines is 1. The molecule has 0 atom stereocenters. The van der Waals surface area contributed by atoms with Gasteiger partial charge in [-0.3, -0.25) is 10.1 Å². The lowest BCUT2D eigenvalue weighted by Crippen LogP contribution is -2.26. The van der Waals surface area contributed by atoms with Gasteiger partial charge in [0.25, 0.3) is 5.91 Å². The highest BCUT2D eigenvalue weighted by Gasteiger charge is 2.21. The van der Waals surface area contributed by atoms with Crippen LogP contribution in [0.15, 0.2) is 107 Å². The van der Waals surface area contributed by atoms with Gasteiger partial charge in [0.1, 0.15) is 0 Å². The Labute approximate surface area is 213 Å². The van der Waals surface area contributed by atoms with Crippen LogP contribution in [0.5, 0.6) is 0 Å². The van der Waals surface area contributed by atoms with Crippen molar-refractivity contribution in [1.82, 2.24) is 9.29 Å². The monoisotopic (exact) mass is 513 g/mol. The fourth-order valence-electron chi connectivity index (χ4n) is 3.87. The van der Waals surface area contributed by atoms with Crippen LogP contribution in [-0.2, 0) is 16.6 Å². The molecule has 8 heteroatoms. The van der Waals surface area contributed by atoms with E-state index in [1.807, 2.05) is 53.9 Å². The molecule has 0 unspecified atom stereocenters. The Morgan fingerprint density at radius 2 is 1.58 bits per heavy atom. The molecule has 0 spiro atoms. The van der Waals surface area contributed by atoms with Crippen molar-refractivity contribution < 1.29 is 13.2 Å². The van der Waals surface area contributed by atoms with E-state index in [9.17, 15) is 13.2 Å². The third-order valence-corrected chi connectivity index (χ3v) is 8.42. The number of thiazole rings is 1. The van der Waals surface area contributed by atoms with Crippen molar-refractivity contribution >= 4 is 43.2 Å². The van der Waals surface area contributed by atoms with Gasteiger partial charge < -0.3 is 0 Å². The van der Waals surface area contributed by atoms with E-state index in [0.29, 0.717) is 10.7 Å². The molecule has 0 saturated carbocycles. The molecule has 1 amide bonds. The van der Waals surface area contributed by atoms with Crippen molar-refractivity contribution in [3.05, 3.63) is 114 Å². The summed E-state index contributed by atoms with van der Waals surface area (Å²) in [4.78, 5) is 17.5. The summed E-state index contributed by atoms with van der Waals surface area (Å²) in [6.07, 6.45) is 0. The minimum absolute atomic E-state index is 0.130. The van der Waals surface area contributed by atoms with E-state index in [2.05, 4.69) is 34.6 Å². The topological polar surface area (TPSA) is 79.4 Å². The zero-order valence-corrected chi connectivity index (χ0v) is 21.1. The van der Waals surface area contributed by atoms with Crippen LogP contribution in [0.1, 0.15) is 15.9 Å². The third-order valence-electron chi connectivity index (χ3n) is 5.84. The number of rotatable bonds is 7. The zero-order valence-electron chi connectivity index (χ0n) is 19.5. The second-order valence-electron chi connectivity index (χ2n) is 8.33. The highest BCUT2D eigenvalue weighted by molar-refractivity contribution is 7.89. The standard InChI is InChI=1S/C28H23N3O3S2/c1-31(18-20-7-3-2-4-8-20)36(33,34)25-15-13-22(14-16-25)27(32)30-28-29-26(19-35-28)24-12-11-21-9-5-6-10-23(21)17-24/h2-17,19H,18H2,1H3,(H,29,30,32). The number of amides is 1. The summed E-state index contributed by atoms with van der Waals surface area (Å²) in [5, 5.41) is 7.46. The summed E-state index contributed by atoms with van der Waals surface area (Å²) in [5.74, 6) is -0.351. The second kappa shape index (κ2) is 10.0. The van der Waals surface area contributed by atoms with Gasteiger partial charge in [0.05, 0.1) is 10.6 Å². The van der Waals surface area contributed by atoms with Gasteiger partial charge >= 0.3 is 0 Å². The van der Waals surface area contributed by atoms with Crippen LogP contribution in [0.25, 0.3) is 22.0 Å². The molecular formula is C28H23N3O3S2.